The molecule has 0 saturated heterocycles. The van der Waals surface area contributed by atoms with Crippen LogP contribution in [-0.2, 0) is 9.53 Å². The predicted molar refractivity (Wildman–Crippen MR) is 110 cm³/mol. The summed E-state index contributed by atoms with van der Waals surface area (Å²) in [7, 11) is 0. The van der Waals surface area contributed by atoms with Gasteiger partial charge in [-0.15, -0.1) is 0 Å². The van der Waals surface area contributed by atoms with Crippen molar-refractivity contribution in [1.82, 2.24) is 4.98 Å². The molecular weight excluding hydrogens is 376 g/mol. The largest absolute Gasteiger partial charge is 0.494 e. The molecule has 1 N–H and O–H groups in total. The Morgan fingerprint density at radius 1 is 1.14 bits per heavy atom. The van der Waals surface area contributed by atoms with E-state index in [-0.39, 0.29) is 11.9 Å². The van der Waals surface area contributed by atoms with Gasteiger partial charge >= 0.3 is 5.97 Å². The van der Waals surface area contributed by atoms with Gasteiger partial charge in [-0.2, -0.15) is 0 Å². The first-order valence-electron chi connectivity index (χ1n) is 9.12. The van der Waals surface area contributed by atoms with E-state index >= 15 is 0 Å². The number of nitrogens with zero attached hydrogens (tertiary/aromatic N) is 1. The molecule has 3 aromatic rings. The third kappa shape index (κ3) is 5.29. The average Bonchev–Trinajstić information content (AvgIpc) is 3.08. The van der Waals surface area contributed by atoms with Crippen LogP contribution in [0.1, 0.15) is 35.7 Å². The smallest absolute Gasteiger partial charge is 0.338 e. The molecule has 0 radical (unpaired) electrons. The van der Waals surface area contributed by atoms with Gasteiger partial charge in [0.05, 0.1) is 29.0 Å². The normalized spacial score (nSPS) is 10.6. The number of hydrogen-bond acceptors (Lipinski definition) is 6. The van der Waals surface area contributed by atoms with Crippen LogP contribution in [-0.4, -0.2) is 30.1 Å². The van der Waals surface area contributed by atoms with Crippen molar-refractivity contribution in [1.29, 1.82) is 0 Å². The van der Waals surface area contributed by atoms with Crippen LogP contribution in [0.3, 0.4) is 0 Å². The maximum atomic E-state index is 12.1. The van der Waals surface area contributed by atoms with Crippen LogP contribution in [0.4, 0.5) is 5.13 Å². The predicted octanol–water partition coefficient (Wildman–Crippen LogP) is 4.58. The fourth-order valence-electron chi connectivity index (χ4n) is 2.56. The van der Waals surface area contributed by atoms with E-state index in [4.69, 9.17) is 9.47 Å². The number of aromatic nitrogens is 1. The van der Waals surface area contributed by atoms with E-state index in [1.807, 2.05) is 31.2 Å². The standard InChI is InChI=1S/C21H22N2O4S/c1-3-26-20(25)15-8-11-17-18(13-15)28-21(22-17)23-19(24)5-4-12-27-16-9-6-14(2)7-10-16/h6-11,13H,3-5,12H2,1-2H3,(H,22,23,24). The highest BCUT2D eigenvalue weighted by atomic mass is 32.1. The molecule has 6 nitrogen and oxygen atoms in total. The monoisotopic (exact) mass is 398 g/mol. The van der Waals surface area contributed by atoms with Crippen molar-refractivity contribution in [3.8, 4) is 5.75 Å². The molecule has 1 amide bonds. The number of thiazole rings is 1. The zero-order chi connectivity index (χ0) is 19.9. The Balaban J connectivity index is 1.50. The number of rotatable bonds is 8. The fourth-order valence-corrected chi connectivity index (χ4v) is 3.48. The first-order chi connectivity index (χ1) is 13.5. The summed E-state index contributed by atoms with van der Waals surface area (Å²) in [5, 5.41) is 3.32. The van der Waals surface area contributed by atoms with Gasteiger partial charge in [-0.05, 0) is 50.6 Å². The van der Waals surface area contributed by atoms with Gasteiger partial charge in [0.2, 0.25) is 5.91 Å². The molecule has 1 heterocycles. The molecule has 0 aliphatic heterocycles. The second kappa shape index (κ2) is 9.32. The van der Waals surface area contributed by atoms with Gasteiger partial charge in [-0.1, -0.05) is 29.0 Å². The van der Waals surface area contributed by atoms with E-state index in [1.165, 1.54) is 16.9 Å². The summed E-state index contributed by atoms with van der Waals surface area (Å²) >= 11 is 1.33. The maximum absolute atomic E-state index is 12.1. The molecular formula is C21H22N2O4S. The second-order valence-corrected chi connectivity index (χ2v) is 7.27. The highest BCUT2D eigenvalue weighted by molar-refractivity contribution is 7.22. The van der Waals surface area contributed by atoms with Gasteiger partial charge < -0.3 is 14.8 Å². The maximum Gasteiger partial charge on any atom is 0.338 e. The number of nitrogens with one attached hydrogen (secondary N) is 1. The molecule has 0 saturated carbocycles. The molecule has 0 bridgehead atoms. The van der Waals surface area contributed by atoms with Crippen molar-refractivity contribution in [3.05, 3.63) is 53.6 Å². The zero-order valence-electron chi connectivity index (χ0n) is 15.9. The lowest BCUT2D eigenvalue weighted by Crippen LogP contribution is -2.12. The third-order valence-corrected chi connectivity index (χ3v) is 4.92. The molecule has 3 rings (SSSR count). The number of carbonyl (C=O) groups excluding carboxylic acids is 2. The summed E-state index contributed by atoms with van der Waals surface area (Å²) in [6, 6.07) is 13.0. The van der Waals surface area contributed by atoms with Crippen molar-refractivity contribution in [2.24, 2.45) is 0 Å². The lowest BCUT2D eigenvalue weighted by molar-refractivity contribution is -0.116. The lowest BCUT2D eigenvalue weighted by Gasteiger charge is -2.06. The summed E-state index contributed by atoms with van der Waals surface area (Å²) in [5.41, 5.74) is 2.39. The number of benzene rings is 2. The molecule has 146 valence electrons. The van der Waals surface area contributed by atoms with Gasteiger partial charge in [0.25, 0.3) is 0 Å². The van der Waals surface area contributed by atoms with Crippen molar-refractivity contribution >= 4 is 38.6 Å². The summed E-state index contributed by atoms with van der Waals surface area (Å²) in [5.74, 6) is 0.323. The molecule has 1 aromatic heterocycles. The van der Waals surface area contributed by atoms with Crippen LogP contribution in [0.2, 0.25) is 0 Å². The summed E-state index contributed by atoms with van der Waals surface area (Å²) < 4.78 is 11.5. The number of carbonyl (C=O) groups is 2. The number of hydrogen-bond donors (Lipinski definition) is 1. The molecule has 2 aromatic carbocycles. The summed E-state index contributed by atoms with van der Waals surface area (Å²) in [4.78, 5) is 28.3. The van der Waals surface area contributed by atoms with Gasteiger partial charge in [-0.25, -0.2) is 9.78 Å². The first-order valence-corrected chi connectivity index (χ1v) is 9.94. The van der Waals surface area contributed by atoms with Crippen molar-refractivity contribution in [2.75, 3.05) is 18.5 Å². The van der Waals surface area contributed by atoms with Crippen molar-refractivity contribution < 1.29 is 19.1 Å². The number of amides is 1. The summed E-state index contributed by atoms with van der Waals surface area (Å²) in [6.45, 7) is 4.59. The van der Waals surface area contributed by atoms with E-state index in [2.05, 4.69) is 10.3 Å². The minimum Gasteiger partial charge on any atom is -0.494 e. The molecule has 0 unspecified atom stereocenters. The van der Waals surface area contributed by atoms with Crippen LogP contribution in [0.25, 0.3) is 10.2 Å². The van der Waals surface area contributed by atoms with E-state index in [1.54, 1.807) is 25.1 Å². The topological polar surface area (TPSA) is 77.5 Å². The van der Waals surface area contributed by atoms with Gasteiger partial charge in [-0.3, -0.25) is 4.79 Å². The Morgan fingerprint density at radius 3 is 2.68 bits per heavy atom. The first kappa shape index (κ1) is 19.8. The Bertz CT molecular complexity index is 966. The van der Waals surface area contributed by atoms with Gasteiger partial charge in [0.15, 0.2) is 5.13 Å². The summed E-state index contributed by atoms with van der Waals surface area (Å²) in [6.07, 6.45) is 0.952. The van der Waals surface area contributed by atoms with E-state index in [9.17, 15) is 9.59 Å². The Kier molecular flexibility index (Phi) is 6.60. The number of esters is 1. The van der Waals surface area contributed by atoms with Crippen molar-refractivity contribution in [3.63, 3.8) is 0 Å². The zero-order valence-corrected chi connectivity index (χ0v) is 16.7. The average molecular weight is 398 g/mol. The molecule has 0 fully saturated rings. The second-order valence-electron chi connectivity index (χ2n) is 6.24. The molecule has 7 heteroatoms. The Morgan fingerprint density at radius 2 is 1.93 bits per heavy atom. The highest BCUT2D eigenvalue weighted by Gasteiger charge is 2.12. The molecule has 0 aliphatic carbocycles. The van der Waals surface area contributed by atoms with Crippen LogP contribution >= 0.6 is 11.3 Å². The van der Waals surface area contributed by atoms with Crippen LogP contribution in [0.15, 0.2) is 42.5 Å². The number of ether oxygens (including phenoxy) is 2. The highest BCUT2D eigenvalue weighted by Crippen LogP contribution is 2.27. The quantitative estimate of drug-likeness (QED) is 0.444. The van der Waals surface area contributed by atoms with Crippen molar-refractivity contribution in [2.45, 2.75) is 26.7 Å². The van der Waals surface area contributed by atoms with E-state index in [0.717, 1.165) is 16.0 Å². The lowest BCUT2D eigenvalue weighted by atomic mass is 10.2. The molecule has 0 spiro atoms. The number of anilines is 1. The molecule has 0 atom stereocenters. The molecule has 28 heavy (non-hydrogen) atoms. The van der Waals surface area contributed by atoms with Crippen LogP contribution in [0.5, 0.6) is 5.75 Å². The van der Waals surface area contributed by atoms with Gasteiger partial charge in [0, 0.05) is 6.42 Å². The number of fused-ring (bicyclic) bond motifs is 1. The van der Waals surface area contributed by atoms with E-state index < -0.39 is 0 Å². The Hall–Kier alpha value is -2.93. The minimum absolute atomic E-state index is 0.114. The minimum atomic E-state index is -0.364. The van der Waals surface area contributed by atoms with Crippen LogP contribution in [0, 0.1) is 6.92 Å². The van der Waals surface area contributed by atoms with Gasteiger partial charge in [0.1, 0.15) is 5.75 Å². The number of aryl methyl sites for hydroxylation is 1. The fraction of sp³-hybridized carbons (Fsp3) is 0.286. The van der Waals surface area contributed by atoms with Crippen LogP contribution < -0.4 is 10.1 Å². The molecule has 0 aliphatic rings. The van der Waals surface area contributed by atoms with E-state index in [0.29, 0.717) is 36.8 Å². The Labute approximate surface area is 167 Å². The SMILES string of the molecule is CCOC(=O)c1ccc2nc(NC(=O)CCCOc3ccc(C)cc3)sc2c1. The third-order valence-electron chi connectivity index (χ3n) is 3.98.